The molecule has 2 heterocycles. The average Bonchev–Trinajstić information content (AvgIpc) is 2.96. The zero-order valence-corrected chi connectivity index (χ0v) is 12.1. The topological polar surface area (TPSA) is 58.4 Å². The van der Waals surface area contributed by atoms with Crippen LogP contribution in [-0.4, -0.2) is 36.5 Å². The first kappa shape index (κ1) is 14.5. The monoisotopic (exact) mass is 281 g/mol. The van der Waals surface area contributed by atoms with Crippen molar-refractivity contribution in [3.05, 3.63) is 22.4 Å². The third-order valence-corrected chi connectivity index (χ3v) is 4.56. The summed E-state index contributed by atoms with van der Waals surface area (Å²) in [5.41, 5.74) is 5.78. The van der Waals surface area contributed by atoms with Crippen LogP contribution in [0.5, 0.6) is 0 Å². The molecule has 3 N–H and O–H groups in total. The first-order valence-corrected chi connectivity index (χ1v) is 7.91. The van der Waals surface area contributed by atoms with Gasteiger partial charge in [0.1, 0.15) is 0 Å². The van der Waals surface area contributed by atoms with E-state index in [1.165, 1.54) is 24.1 Å². The summed E-state index contributed by atoms with van der Waals surface area (Å²) in [4.78, 5) is 15.4. The standard InChI is InChI=1S/C14H23N3OS/c15-10-12-4-1-2-7-17(12)8-6-14(18)16-11-13-5-3-9-19-13/h3,5,9,12H,1-2,4,6-8,10-11,15H2,(H,16,18). The van der Waals surface area contributed by atoms with Crippen molar-refractivity contribution in [2.24, 2.45) is 5.73 Å². The molecule has 0 spiro atoms. The largest absolute Gasteiger partial charge is 0.351 e. The van der Waals surface area contributed by atoms with Crippen molar-refractivity contribution < 1.29 is 4.79 Å². The first-order chi connectivity index (χ1) is 9.29. The van der Waals surface area contributed by atoms with Gasteiger partial charge in [-0.1, -0.05) is 12.5 Å². The molecule has 0 saturated carbocycles. The molecule has 1 atom stereocenters. The quantitative estimate of drug-likeness (QED) is 0.832. The lowest BCUT2D eigenvalue weighted by Gasteiger charge is -2.34. The van der Waals surface area contributed by atoms with Crippen LogP contribution in [0.3, 0.4) is 0 Å². The van der Waals surface area contributed by atoms with E-state index in [0.29, 0.717) is 25.6 Å². The molecule has 1 aliphatic heterocycles. The third kappa shape index (κ3) is 4.60. The van der Waals surface area contributed by atoms with Gasteiger partial charge in [-0.15, -0.1) is 11.3 Å². The summed E-state index contributed by atoms with van der Waals surface area (Å²) in [5.74, 6) is 0.134. The Morgan fingerprint density at radius 2 is 2.42 bits per heavy atom. The zero-order chi connectivity index (χ0) is 13.5. The summed E-state index contributed by atoms with van der Waals surface area (Å²) in [5, 5.41) is 5.00. The first-order valence-electron chi connectivity index (χ1n) is 7.03. The third-order valence-electron chi connectivity index (χ3n) is 3.69. The highest BCUT2D eigenvalue weighted by Crippen LogP contribution is 2.16. The minimum atomic E-state index is 0.134. The number of nitrogens with two attached hydrogens (primary N) is 1. The Morgan fingerprint density at radius 1 is 1.53 bits per heavy atom. The lowest BCUT2D eigenvalue weighted by molar-refractivity contribution is -0.121. The normalized spacial score (nSPS) is 20.4. The number of hydrogen-bond donors (Lipinski definition) is 2. The fraction of sp³-hybridized carbons (Fsp3) is 0.643. The summed E-state index contributed by atoms with van der Waals surface area (Å²) in [7, 11) is 0. The number of nitrogens with zero attached hydrogens (tertiary/aromatic N) is 1. The number of nitrogens with one attached hydrogen (secondary N) is 1. The van der Waals surface area contributed by atoms with Crippen molar-refractivity contribution in [1.82, 2.24) is 10.2 Å². The molecular weight excluding hydrogens is 258 g/mol. The van der Waals surface area contributed by atoms with Crippen molar-refractivity contribution in [2.45, 2.75) is 38.3 Å². The van der Waals surface area contributed by atoms with Crippen LogP contribution in [0.1, 0.15) is 30.6 Å². The molecule has 0 bridgehead atoms. The highest BCUT2D eigenvalue weighted by Gasteiger charge is 2.21. The number of piperidine rings is 1. The van der Waals surface area contributed by atoms with Crippen LogP contribution in [0, 0.1) is 0 Å². The van der Waals surface area contributed by atoms with Gasteiger partial charge in [-0.05, 0) is 30.8 Å². The molecule has 106 valence electrons. The number of amides is 1. The second-order valence-corrected chi connectivity index (χ2v) is 6.06. The summed E-state index contributed by atoms with van der Waals surface area (Å²) < 4.78 is 0. The molecule has 1 aromatic heterocycles. The second kappa shape index (κ2) is 7.62. The lowest BCUT2D eigenvalue weighted by atomic mass is 10.0. The highest BCUT2D eigenvalue weighted by atomic mass is 32.1. The fourth-order valence-electron chi connectivity index (χ4n) is 2.55. The van der Waals surface area contributed by atoms with Crippen LogP contribution < -0.4 is 11.1 Å². The molecule has 0 aliphatic carbocycles. The van der Waals surface area contributed by atoms with Crippen LogP contribution in [0.2, 0.25) is 0 Å². The maximum Gasteiger partial charge on any atom is 0.221 e. The molecule has 1 aromatic rings. The Kier molecular flexibility index (Phi) is 5.82. The molecule has 2 rings (SSSR count). The number of thiophene rings is 1. The fourth-order valence-corrected chi connectivity index (χ4v) is 3.20. The van der Waals surface area contributed by atoms with Gasteiger partial charge < -0.3 is 11.1 Å². The Balaban J connectivity index is 1.67. The van der Waals surface area contributed by atoms with E-state index in [9.17, 15) is 4.79 Å². The minimum Gasteiger partial charge on any atom is -0.351 e. The number of likely N-dealkylation sites (tertiary alicyclic amines) is 1. The number of carbonyl (C=O) groups excluding carboxylic acids is 1. The van der Waals surface area contributed by atoms with Gasteiger partial charge in [-0.2, -0.15) is 0 Å². The van der Waals surface area contributed by atoms with Gasteiger partial charge in [0.25, 0.3) is 0 Å². The van der Waals surface area contributed by atoms with Crippen molar-refractivity contribution in [3.8, 4) is 0 Å². The van der Waals surface area contributed by atoms with Crippen molar-refractivity contribution >= 4 is 17.2 Å². The predicted molar refractivity (Wildman–Crippen MR) is 79.0 cm³/mol. The number of rotatable bonds is 6. The SMILES string of the molecule is NCC1CCCCN1CCC(=O)NCc1cccs1. The molecule has 5 heteroatoms. The summed E-state index contributed by atoms with van der Waals surface area (Å²) in [6.07, 6.45) is 4.24. The van der Waals surface area contributed by atoms with Gasteiger partial charge >= 0.3 is 0 Å². The van der Waals surface area contributed by atoms with E-state index in [0.717, 1.165) is 13.1 Å². The van der Waals surface area contributed by atoms with E-state index in [1.54, 1.807) is 11.3 Å². The van der Waals surface area contributed by atoms with Crippen LogP contribution in [0.15, 0.2) is 17.5 Å². The Hall–Kier alpha value is -0.910. The van der Waals surface area contributed by atoms with E-state index in [4.69, 9.17) is 5.73 Å². The van der Waals surface area contributed by atoms with Gasteiger partial charge in [-0.3, -0.25) is 9.69 Å². The van der Waals surface area contributed by atoms with E-state index in [2.05, 4.69) is 10.2 Å². The van der Waals surface area contributed by atoms with Crippen LogP contribution in [0.25, 0.3) is 0 Å². The van der Waals surface area contributed by atoms with Gasteiger partial charge in [0, 0.05) is 30.4 Å². The number of hydrogen-bond acceptors (Lipinski definition) is 4. The van der Waals surface area contributed by atoms with Crippen LogP contribution >= 0.6 is 11.3 Å². The van der Waals surface area contributed by atoms with Crippen LogP contribution in [0.4, 0.5) is 0 Å². The molecule has 4 nitrogen and oxygen atoms in total. The maximum absolute atomic E-state index is 11.8. The Labute approximate surface area is 119 Å². The van der Waals surface area contributed by atoms with Crippen molar-refractivity contribution in [1.29, 1.82) is 0 Å². The molecule has 1 saturated heterocycles. The van der Waals surface area contributed by atoms with E-state index >= 15 is 0 Å². The zero-order valence-electron chi connectivity index (χ0n) is 11.3. The summed E-state index contributed by atoms with van der Waals surface area (Å²) in [6, 6.07) is 4.52. The van der Waals surface area contributed by atoms with Gasteiger partial charge in [0.15, 0.2) is 0 Å². The lowest BCUT2D eigenvalue weighted by Crippen LogP contribution is -2.45. The molecule has 1 fully saturated rings. The molecular formula is C14H23N3OS. The Bertz CT molecular complexity index is 380. The van der Waals surface area contributed by atoms with E-state index in [1.807, 2.05) is 17.5 Å². The van der Waals surface area contributed by atoms with E-state index < -0.39 is 0 Å². The van der Waals surface area contributed by atoms with Crippen molar-refractivity contribution in [2.75, 3.05) is 19.6 Å². The Morgan fingerprint density at radius 3 is 3.16 bits per heavy atom. The predicted octanol–water partition coefficient (Wildman–Crippen LogP) is 1.57. The summed E-state index contributed by atoms with van der Waals surface area (Å²) >= 11 is 1.67. The smallest absolute Gasteiger partial charge is 0.221 e. The maximum atomic E-state index is 11.8. The van der Waals surface area contributed by atoms with Gasteiger partial charge in [0.2, 0.25) is 5.91 Å². The van der Waals surface area contributed by atoms with Gasteiger partial charge in [0.05, 0.1) is 6.54 Å². The molecule has 1 unspecified atom stereocenters. The van der Waals surface area contributed by atoms with Crippen molar-refractivity contribution in [3.63, 3.8) is 0 Å². The molecule has 1 amide bonds. The summed E-state index contributed by atoms with van der Waals surface area (Å²) in [6.45, 7) is 3.27. The van der Waals surface area contributed by atoms with Crippen LogP contribution in [-0.2, 0) is 11.3 Å². The van der Waals surface area contributed by atoms with Gasteiger partial charge in [-0.25, -0.2) is 0 Å². The van der Waals surface area contributed by atoms with E-state index in [-0.39, 0.29) is 5.91 Å². The molecule has 0 radical (unpaired) electrons. The molecule has 19 heavy (non-hydrogen) atoms. The molecule has 1 aliphatic rings. The molecule has 0 aromatic carbocycles. The average molecular weight is 281 g/mol. The highest BCUT2D eigenvalue weighted by molar-refractivity contribution is 7.09. The number of carbonyl (C=O) groups is 1. The minimum absolute atomic E-state index is 0.134. The second-order valence-electron chi connectivity index (χ2n) is 5.03.